The first-order chi connectivity index (χ1) is 7.69. The Morgan fingerprint density at radius 1 is 1.56 bits per heavy atom. The number of benzene rings is 1. The van der Waals surface area contributed by atoms with Crippen LogP contribution in [0.1, 0.15) is 12.0 Å². The minimum absolute atomic E-state index is 0.436. The molecular weight excluding hydrogens is 204 g/mol. The molecule has 86 valence electrons. The molecule has 16 heavy (non-hydrogen) atoms. The van der Waals surface area contributed by atoms with Gasteiger partial charge in [0.2, 0.25) is 0 Å². The van der Waals surface area contributed by atoms with Gasteiger partial charge in [-0.15, -0.1) is 6.58 Å². The fraction of sp³-hybridized carbons (Fsp3) is 0.308. The lowest BCUT2D eigenvalue weighted by Crippen LogP contribution is -2.16. The maximum Gasteiger partial charge on any atom is 0.307 e. The van der Waals surface area contributed by atoms with E-state index in [1.807, 2.05) is 24.3 Å². The number of allylic oxidation sites excluding steroid dienone is 1. The van der Waals surface area contributed by atoms with Gasteiger partial charge in [0.1, 0.15) is 5.75 Å². The highest BCUT2D eigenvalue weighted by molar-refractivity contribution is 5.70. The molecule has 0 spiro atoms. The van der Waals surface area contributed by atoms with Crippen LogP contribution in [0.5, 0.6) is 5.75 Å². The first-order valence-corrected chi connectivity index (χ1v) is 5.14. The number of carboxylic acids is 1. The fourth-order valence-corrected chi connectivity index (χ4v) is 1.61. The van der Waals surface area contributed by atoms with Gasteiger partial charge in [0, 0.05) is 0 Å². The van der Waals surface area contributed by atoms with Gasteiger partial charge in [-0.1, -0.05) is 24.3 Å². The van der Waals surface area contributed by atoms with Gasteiger partial charge in [0.15, 0.2) is 0 Å². The molecule has 0 saturated heterocycles. The molecule has 0 radical (unpaired) electrons. The Morgan fingerprint density at radius 2 is 2.25 bits per heavy atom. The summed E-state index contributed by atoms with van der Waals surface area (Å²) in [6, 6.07) is 7.47. The van der Waals surface area contributed by atoms with Gasteiger partial charge in [-0.05, 0) is 24.5 Å². The summed E-state index contributed by atoms with van der Waals surface area (Å²) in [6.07, 6.45) is 2.56. The summed E-state index contributed by atoms with van der Waals surface area (Å²) in [5.74, 6) is -0.502. The molecule has 0 unspecified atom stereocenters. The zero-order valence-corrected chi connectivity index (χ0v) is 9.35. The van der Waals surface area contributed by atoms with E-state index in [-0.39, 0.29) is 0 Å². The molecule has 0 aliphatic carbocycles. The predicted octanol–water partition coefficient (Wildman–Crippen LogP) is 2.51. The van der Waals surface area contributed by atoms with Crippen molar-refractivity contribution in [2.75, 3.05) is 7.11 Å². The standard InChI is InChI=1S/C13H16O3/c1-3-6-11(13(14)15)9-10-7-4-5-8-12(10)16-2/h3-5,7-8,11H,1,6,9H2,2H3,(H,14,15)/t11-/m1/s1. The van der Waals surface area contributed by atoms with Gasteiger partial charge in [-0.2, -0.15) is 0 Å². The third kappa shape index (κ3) is 3.12. The lowest BCUT2D eigenvalue weighted by atomic mass is 9.96. The van der Waals surface area contributed by atoms with Crippen LogP contribution in [0, 0.1) is 5.92 Å². The molecule has 0 bridgehead atoms. The van der Waals surface area contributed by atoms with Gasteiger partial charge < -0.3 is 9.84 Å². The largest absolute Gasteiger partial charge is 0.496 e. The van der Waals surface area contributed by atoms with Gasteiger partial charge in [0.25, 0.3) is 0 Å². The molecule has 0 aliphatic heterocycles. The Balaban J connectivity index is 2.84. The number of methoxy groups -OCH3 is 1. The Labute approximate surface area is 95.4 Å². The minimum Gasteiger partial charge on any atom is -0.496 e. The molecule has 0 aliphatic rings. The van der Waals surface area contributed by atoms with Crippen molar-refractivity contribution in [2.45, 2.75) is 12.8 Å². The number of rotatable bonds is 6. The lowest BCUT2D eigenvalue weighted by Gasteiger charge is -2.12. The molecule has 0 fully saturated rings. The normalized spacial score (nSPS) is 11.8. The van der Waals surface area contributed by atoms with Crippen LogP contribution < -0.4 is 4.74 Å². The molecule has 3 nitrogen and oxygen atoms in total. The second-order valence-electron chi connectivity index (χ2n) is 3.58. The van der Waals surface area contributed by atoms with Crippen LogP contribution in [0.3, 0.4) is 0 Å². The number of para-hydroxylation sites is 1. The number of carboxylic acid groups (broad SMARTS) is 1. The molecule has 3 heteroatoms. The van der Waals surface area contributed by atoms with Crippen LogP contribution in [0.25, 0.3) is 0 Å². The zero-order chi connectivity index (χ0) is 12.0. The number of carbonyl (C=O) groups is 1. The molecule has 0 saturated carbocycles. The Bertz CT molecular complexity index is 371. The molecule has 1 aromatic rings. The van der Waals surface area contributed by atoms with E-state index in [1.165, 1.54) is 0 Å². The number of hydrogen-bond donors (Lipinski definition) is 1. The molecule has 0 amide bonds. The van der Waals surface area contributed by atoms with Gasteiger partial charge in [-0.25, -0.2) is 0 Å². The summed E-state index contributed by atoms with van der Waals surface area (Å²) >= 11 is 0. The first-order valence-electron chi connectivity index (χ1n) is 5.14. The van der Waals surface area contributed by atoms with Crippen molar-refractivity contribution in [1.29, 1.82) is 0 Å². The van der Waals surface area contributed by atoms with Crippen molar-refractivity contribution < 1.29 is 14.6 Å². The Morgan fingerprint density at radius 3 is 2.81 bits per heavy atom. The molecule has 1 N–H and O–H groups in total. The highest BCUT2D eigenvalue weighted by Gasteiger charge is 2.17. The summed E-state index contributed by atoms with van der Waals surface area (Å²) in [6.45, 7) is 3.57. The molecule has 1 aromatic carbocycles. The third-order valence-corrected chi connectivity index (χ3v) is 2.46. The van der Waals surface area contributed by atoms with E-state index in [0.717, 1.165) is 11.3 Å². The monoisotopic (exact) mass is 220 g/mol. The van der Waals surface area contributed by atoms with Gasteiger partial charge >= 0.3 is 5.97 Å². The Kier molecular flexibility index (Phi) is 4.58. The highest BCUT2D eigenvalue weighted by atomic mass is 16.5. The quantitative estimate of drug-likeness (QED) is 0.749. The first kappa shape index (κ1) is 12.3. The van der Waals surface area contributed by atoms with E-state index < -0.39 is 11.9 Å². The number of aliphatic carboxylic acids is 1. The highest BCUT2D eigenvalue weighted by Crippen LogP contribution is 2.22. The summed E-state index contributed by atoms with van der Waals surface area (Å²) < 4.78 is 5.19. The van der Waals surface area contributed by atoms with E-state index >= 15 is 0 Å². The number of hydrogen-bond acceptors (Lipinski definition) is 2. The summed E-state index contributed by atoms with van der Waals surface area (Å²) in [5.41, 5.74) is 0.916. The van der Waals surface area contributed by atoms with E-state index in [2.05, 4.69) is 6.58 Å². The topological polar surface area (TPSA) is 46.5 Å². The second kappa shape index (κ2) is 5.95. The van der Waals surface area contributed by atoms with Crippen molar-refractivity contribution in [2.24, 2.45) is 5.92 Å². The maximum absolute atomic E-state index is 11.0. The number of ether oxygens (including phenoxy) is 1. The van der Waals surface area contributed by atoms with Crippen LogP contribution in [0.4, 0.5) is 0 Å². The maximum atomic E-state index is 11.0. The summed E-state index contributed by atoms with van der Waals surface area (Å²) in [4.78, 5) is 11.0. The predicted molar refractivity (Wildman–Crippen MR) is 62.6 cm³/mol. The van der Waals surface area contributed by atoms with Crippen LogP contribution in [-0.4, -0.2) is 18.2 Å². The van der Waals surface area contributed by atoms with Crippen molar-refractivity contribution in [3.05, 3.63) is 42.5 Å². The van der Waals surface area contributed by atoms with E-state index in [4.69, 9.17) is 9.84 Å². The minimum atomic E-state index is -0.800. The van der Waals surface area contributed by atoms with Crippen LogP contribution in [-0.2, 0) is 11.2 Å². The summed E-state index contributed by atoms with van der Waals surface area (Å²) in [7, 11) is 1.59. The molecule has 0 heterocycles. The SMILES string of the molecule is C=CC[C@H](Cc1ccccc1OC)C(=O)O. The summed E-state index contributed by atoms with van der Waals surface area (Å²) in [5, 5.41) is 9.04. The average Bonchev–Trinajstić information content (AvgIpc) is 2.29. The van der Waals surface area contributed by atoms with Crippen molar-refractivity contribution >= 4 is 5.97 Å². The Hall–Kier alpha value is -1.77. The van der Waals surface area contributed by atoms with Gasteiger partial charge in [-0.3, -0.25) is 4.79 Å². The van der Waals surface area contributed by atoms with Crippen molar-refractivity contribution in [3.8, 4) is 5.75 Å². The molecule has 1 rings (SSSR count). The van der Waals surface area contributed by atoms with E-state index in [1.54, 1.807) is 13.2 Å². The van der Waals surface area contributed by atoms with Gasteiger partial charge in [0.05, 0.1) is 13.0 Å². The van der Waals surface area contributed by atoms with Crippen molar-refractivity contribution in [3.63, 3.8) is 0 Å². The average molecular weight is 220 g/mol. The lowest BCUT2D eigenvalue weighted by molar-refractivity contribution is -0.141. The smallest absolute Gasteiger partial charge is 0.307 e. The fourth-order valence-electron chi connectivity index (χ4n) is 1.61. The molecule has 0 aromatic heterocycles. The van der Waals surface area contributed by atoms with E-state index in [9.17, 15) is 4.79 Å². The van der Waals surface area contributed by atoms with Crippen LogP contribution >= 0.6 is 0 Å². The molecular formula is C13H16O3. The third-order valence-electron chi connectivity index (χ3n) is 2.46. The van der Waals surface area contributed by atoms with Crippen LogP contribution in [0.2, 0.25) is 0 Å². The van der Waals surface area contributed by atoms with E-state index in [0.29, 0.717) is 12.8 Å². The van der Waals surface area contributed by atoms with Crippen molar-refractivity contribution in [1.82, 2.24) is 0 Å². The second-order valence-corrected chi connectivity index (χ2v) is 3.58. The van der Waals surface area contributed by atoms with Crippen LogP contribution in [0.15, 0.2) is 36.9 Å². The molecule has 1 atom stereocenters. The zero-order valence-electron chi connectivity index (χ0n) is 9.35.